The molecule has 0 amide bonds. The van der Waals surface area contributed by atoms with Crippen LogP contribution in [-0.2, 0) is 9.31 Å². The van der Waals surface area contributed by atoms with Gasteiger partial charge in [-0.15, -0.1) is 0 Å². The van der Waals surface area contributed by atoms with Gasteiger partial charge >= 0.3 is 7.12 Å². The van der Waals surface area contributed by atoms with Gasteiger partial charge in [0.25, 0.3) is 0 Å². The molecular formula is C32H24B2N2O2. The molecule has 1 fully saturated rings. The maximum absolute atomic E-state index is 5.71. The second kappa shape index (κ2) is 8.38. The van der Waals surface area contributed by atoms with E-state index >= 15 is 0 Å². The molecule has 0 radical (unpaired) electrons. The van der Waals surface area contributed by atoms with Crippen LogP contribution in [-0.4, -0.2) is 37.3 Å². The van der Waals surface area contributed by atoms with E-state index in [1.807, 2.05) is 0 Å². The Bertz CT molecular complexity index is 1980. The fourth-order valence-electron chi connectivity index (χ4n) is 6.01. The lowest BCUT2D eigenvalue weighted by molar-refractivity contribution is 0.365. The Hall–Kier alpha value is -4.25. The predicted octanol–water partition coefficient (Wildman–Crippen LogP) is 4.88. The number of rotatable bonds is 3. The summed E-state index contributed by atoms with van der Waals surface area (Å²) >= 11 is 0. The number of hydrogen-bond acceptors (Lipinski definition) is 2. The van der Waals surface area contributed by atoms with Crippen molar-refractivity contribution >= 4 is 69.5 Å². The number of nitrogens with zero attached hydrogens (tertiary/aromatic N) is 2. The van der Waals surface area contributed by atoms with Crippen molar-refractivity contribution in [1.82, 2.24) is 9.13 Å². The highest BCUT2D eigenvalue weighted by molar-refractivity contribution is 6.61. The SMILES string of the molecule is Bc1ccc(-n2c3ccccc3c3cc4c(cc32)c2ccccc2n4-c2ccc(B3OCCO3)cc2)cc1. The van der Waals surface area contributed by atoms with Gasteiger partial charge in [-0.2, -0.15) is 0 Å². The molecule has 8 rings (SSSR count). The summed E-state index contributed by atoms with van der Waals surface area (Å²) in [6.07, 6.45) is 0. The van der Waals surface area contributed by atoms with Crippen LogP contribution in [0.15, 0.2) is 109 Å². The summed E-state index contributed by atoms with van der Waals surface area (Å²) in [6.45, 7) is 1.29. The van der Waals surface area contributed by atoms with Crippen LogP contribution in [0.25, 0.3) is 55.0 Å². The first-order valence-electron chi connectivity index (χ1n) is 13.1. The molecule has 0 atom stereocenters. The molecule has 0 spiro atoms. The lowest BCUT2D eigenvalue weighted by Gasteiger charge is -2.11. The van der Waals surface area contributed by atoms with E-state index in [1.54, 1.807) is 0 Å². The first kappa shape index (κ1) is 21.8. The summed E-state index contributed by atoms with van der Waals surface area (Å²) in [5.74, 6) is 0. The van der Waals surface area contributed by atoms with Crippen molar-refractivity contribution < 1.29 is 9.31 Å². The van der Waals surface area contributed by atoms with Gasteiger partial charge in [0.15, 0.2) is 0 Å². The van der Waals surface area contributed by atoms with Crippen molar-refractivity contribution in [1.29, 1.82) is 0 Å². The highest BCUT2D eigenvalue weighted by atomic mass is 16.6. The van der Waals surface area contributed by atoms with Crippen LogP contribution in [0.1, 0.15) is 0 Å². The third-order valence-electron chi connectivity index (χ3n) is 7.80. The van der Waals surface area contributed by atoms with Gasteiger partial charge in [0.2, 0.25) is 0 Å². The number of aromatic nitrogens is 2. The number of hydrogen-bond donors (Lipinski definition) is 0. The van der Waals surface area contributed by atoms with Crippen molar-refractivity contribution in [3.63, 3.8) is 0 Å². The van der Waals surface area contributed by atoms with E-state index in [1.165, 1.54) is 54.8 Å². The van der Waals surface area contributed by atoms with E-state index in [9.17, 15) is 0 Å². The van der Waals surface area contributed by atoms with Crippen LogP contribution in [0.5, 0.6) is 0 Å². The molecule has 180 valence electrons. The van der Waals surface area contributed by atoms with Gasteiger partial charge in [-0.05, 0) is 54.0 Å². The molecule has 1 saturated heterocycles. The Balaban J connectivity index is 1.43. The molecule has 1 aliphatic rings. The third kappa shape index (κ3) is 3.21. The van der Waals surface area contributed by atoms with Gasteiger partial charge < -0.3 is 18.4 Å². The lowest BCUT2D eigenvalue weighted by atomic mass is 9.79. The quantitative estimate of drug-likeness (QED) is 0.331. The van der Waals surface area contributed by atoms with Gasteiger partial charge in [0, 0.05) is 32.9 Å². The average molecular weight is 490 g/mol. The Labute approximate surface area is 221 Å². The fraction of sp³-hybridized carbons (Fsp3) is 0.0625. The van der Waals surface area contributed by atoms with Crippen LogP contribution < -0.4 is 10.9 Å². The third-order valence-corrected chi connectivity index (χ3v) is 7.80. The number of para-hydroxylation sites is 2. The predicted molar refractivity (Wildman–Crippen MR) is 161 cm³/mol. The molecule has 0 saturated carbocycles. The second-order valence-electron chi connectivity index (χ2n) is 10.1. The number of benzene rings is 5. The second-order valence-corrected chi connectivity index (χ2v) is 10.1. The molecular weight excluding hydrogens is 466 g/mol. The minimum absolute atomic E-state index is 0.269. The normalized spacial score (nSPS) is 13.9. The zero-order chi connectivity index (χ0) is 25.2. The zero-order valence-electron chi connectivity index (χ0n) is 21.1. The maximum Gasteiger partial charge on any atom is 0.494 e. The molecule has 5 aromatic carbocycles. The minimum Gasteiger partial charge on any atom is -0.405 e. The van der Waals surface area contributed by atoms with Crippen molar-refractivity contribution in [3.8, 4) is 11.4 Å². The minimum atomic E-state index is -0.269. The van der Waals surface area contributed by atoms with Crippen LogP contribution in [0.4, 0.5) is 0 Å². The summed E-state index contributed by atoms with van der Waals surface area (Å²) in [6, 6.07) is 39.5. The monoisotopic (exact) mass is 490 g/mol. The molecule has 2 aromatic heterocycles. The molecule has 0 N–H and O–H groups in total. The lowest BCUT2D eigenvalue weighted by Crippen LogP contribution is -2.31. The van der Waals surface area contributed by atoms with Crippen LogP contribution >= 0.6 is 0 Å². The largest absolute Gasteiger partial charge is 0.494 e. The Morgan fingerprint density at radius 2 is 1.00 bits per heavy atom. The summed E-state index contributed by atoms with van der Waals surface area (Å²) in [7, 11) is 1.86. The van der Waals surface area contributed by atoms with Gasteiger partial charge in [-0.1, -0.05) is 66.1 Å². The van der Waals surface area contributed by atoms with Gasteiger partial charge in [0.05, 0.1) is 35.3 Å². The van der Waals surface area contributed by atoms with Crippen molar-refractivity contribution in [2.75, 3.05) is 13.2 Å². The van der Waals surface area contributed by atoms with Crippen molar-refractivity contribution in [2.45, 2.75) is 0 Å². The Kier molecular flexibility index (Phi) is 4.81. The summed E-state index contributed by atoms with van der Waals surface area (Å²) in [5, 5.41) is 5.00. The van der Waals surface area contributed by atoms with E-state index in [0.29, 0.717) is 13.2 Å². The maximum atomic E-state index is 5.71. The standard InChI is InChI=1S/C32H24B2N2O2/c33-21-9-13-23(14-10-21)35-29-7-3-1-5-25(29)27-20-32-28(19-31(27)35)26-6-2-4-8-30(26)36(32)24-15-11-22(12-16-24)34-37-17-18-38-34/h1-16,19-20H,17-18,33H2. The first-order chi connectivity index (χ1) is 18.8. The molecule has 1 aliphatic heterocycles. The van der Waals surface area contributed by atoms with Crippen LogP contribution in [0, 0.1) is 0 Å². The summed E-state index contributed by atoms with van der Waals surface area (Å²) < 4.78 is 16.2. The van der Waals surface area contributed by atoms with Crippen molar-refractivity contribution in [3.05, 3.63) is 109 Å². The zero-order valence-corrected chi connectivity index (χ0v) is 21.1. The van der Waals surface area contributed by atoms with Crippen LogP contribution in [0.3, 0.4) is 0 Å². The molecule has 38 heavy (non-hydrogen) atoms. The van der Waals surface area contributed by atoms with Crippen molar-refractivity contribution in [2.24, 2.45) is 0 Å². The van der Waals surface area contributed by atoms with E-state index < -0.39 is 0 Å². The number of fused-ring (bicyclic) bond motifs is 6. The summed E-state index contributed by atoms with van der Waals surface area (Å²) in [5.41, 5.74) is 9.45. The molecule has 0 unspecified atom stereocenters. The van der Waals surface area contributed by atoms with E-state index in [0.717, 1.165) is 11.2 Å². The van der Waals surface area contributed by atoms with E-state index in [4.69, 9.17) is 9.31 Å². The average Bonchev–Trinajstić information content (AvgIpc) is 3.68. The topological polar surface area (TPSA) is 28.3 Å². The fourth-order valence-corrected chi connectivity index (χ4v) is 6.01. The Morgan fingerprint density at radius 1 is 0.526 bits per heavy atom. The molecule has 0 bridgehead atoms. The van der Waals surface area contributed by atoms with Gasteiger partial charge in [0.1, 0.15) is 7.85 Å². The molecule has 3 heterocycles. The van der Waals surface area contributed by atoms with E-state index in [2.05, 4.69) is 126 Å². The highest BCUT2D eigenvalue weighted by Crippen LogP contribution is 2.39. The van der Waals surface area contributed by atoms with Crippen LogP contribution in [0.2, 0.25) is 0 Å². The molecule has 0 aliphatic carbocycles. The Morgan fingerprint density at radius 3 is 1.53 bits per heavy atom. The van der Waals surface area contributed by atoms with E-state index in [-0.39, 0.29) is 7.12 Å². The van der Waals surface area contributed by atoms with Gasteiger partial charge in [-0.25, -0.2) is 0 Å². The molecule has 7 aromatic rings. The first-order valence-corrected chi connectivity index (χ1v) is 13.1. The smallest absolute Gasteiger partial charge is 0.405 e. The molecule has 4 nitrogen and oxygen atoms in total. The highest BCUT2D eigenvalue weighted by Gasteiger charge is 2.26. The van der Waals surface area contributed by atoms with Gasteiger partial charge in [-0.3, -0.25) is 0 Å². The molecule has 6 heteroatoms. The summed E-state index contributed by atoms with van der Waals surface area (Å²) in [4.78, 5) is 0.